The molecule has 0 fully saturated rings. The minimum absolute atomic E-state index is 0.240. The third-order valence-electron chi connectivity index (χ3n) is 2.55. The second kappa shape index (κ2) is 4.37. The van der Waals surface area contributed by atoms with Gasteiger partial charge in [-0.2, -0.15) is 0 Å². The molecule has 0 bridgehead atoms. The first-order chi connectivity index (χ1) is 8.09. The van der Waals surface area contributed by atoms with Gasteiger partial charge in [0.25, 0.3) is 0 Å². The number of halogens is 1. The van der Waals surface area contributed by atoms with Crippen molar-refractivity contribution in [3.63, 3.8) is 0 Å². The third-order valence-corrected chi connectivity index (χ3v) is 2.55. The van der Waals surface area contributed by atoms with Crippen LogP contribution in [0.25, 0.3) is 0 Å². The average Bonchev–Trinajstić information content (AvgIpc) is 2.35. The van der Waals surface area contributed by atoms with Crippen molar-refractivity contribution >= 4 is 5.78 Å². The molecule has 0 aliphatic heterocycles. The molecule has 0 amide bonds. The largest absolute Gasteiger partial charge is 0.505 e. The maximum atomic E-state index is 13.3. The second-order valence-corrected chi connectivity index (χ2v) is 3.82. The molecule has 0 spiro atoms. The number of carbonyl (C=O) groups is 1. The van der Waals surface area contributed by atoms with E-state index in [0.717, 1.165) is 6.07 Å². The monoisotopic (exact) mass is 230 g/mol. The first-order valence-corrected chi connectivity index (χ1v) is 5.18. The lowest BCUT2D eigenvalue weighted by molar-refractivity contribution is 0.103. The Bertz CT molecular complexity index is 539. The standard InChI is InChI=1S/C14H11FO2/c1-9-7-11(8-12(15)13(9)16)14(17)10-5-3-2-4-6-10/h2-8,16H,1H3. The number of ketones is 1. The summed E-state index contributed by atoms with van der Waals surface area (Å²) < 4.78 is 13.3. The summed E-state index contributed by atoms with van der Waals surface area (Å²) in [5.41, 5.74) is 1.09. The summed E-state index contributed by atoms with van der Waals surface area (Å²) in [7, 11) is 0. The molecule has 1 N–H and O–H groups in total. The van der Waals surface area contributed by atoms with Crippen LogP contribution in [0, 0.1) is 12.7 Å². The van der Waals surface area contributed by atoms with E-state index in [1.54, 1.807) is 37.3 Å². The molecular weight excluding hydrogens is 219 g/mol. The Labute approximate surface area is 98.3 Å². The Morgan fingerprint density at radius 1 is 1.12 bits per heavy atom. The van der Waals surface area contributed by atoms with Crippen molar-refractivity contribution in [3.8, 4) is 5.75 Å². The highest BCUT2D eigenvalue weighted by molar-refractivity contribution is 6.09. The van der Waals surface area contributed by atoms with Gasteiger partial charge in [0.2, 0.25) is 0 Å². The van der Waals surface area contributed by atoms with Gasteiger partial charge in [0.1, 0.15) is 0 Å². The number of benzene rings is 2. The van der Waals surface area contributed by atoms with Crippen LogP contribution in [0.1, 0.15) is 21.5 Å². The predicted molar refractivity (Wildman–Crippen MR) is 62.7 cm³/mol. The molecule has 2 aromatic rings. The number of hydrogen-bond acceptors (Lipinski definition) is 2. The molecule has 0 heterocycles. The van der Waals surface area contributed by atoms with Gasteiger partial charge in [0.15, 0.2) is 17.3 Å². The molecule has 0 saturated carbocycles. The van der Waals surface area contributed by atoms with E-state index in [9.17, 15) is 14.3 Å². The predicted octanol–water partition coefficient (Wildman–Crippen LogP) is 3.07. The normalized spacial score (nSPS) is 10.2. The Balaban J connectivity index is 2.45. The molecule has 0 unspecified atom stereocenters. The van der Waals surface area contributed by atoms with Crippen LogP contribution in [-0.2, 0) is 0 Å². The van der Waals surface area contributed by atoms with Gasteiger partial charge in [-0.3, -0.25) is 4.79 Å². The van der Waals surface area contributed by atoms with E-state index in [1.165, 1.54) is 6.07 Å². The molecule has 3 heteroatoms. The Morgan fingerprint density at radius 2 is 1.76 bits per heavy atom. The molecule has 2 nitrogen and oxygen atoms in total. The van der Waals surface area contributed by atoms with Crippen LogP contribution in [0.5, 0.6) is 5.75 Å². The van der Waals surface area contributed by atoms with Crippen molar-refractivity contribution in [1.29, 1.82) is 0 Å². The van der Waals surface area contributed by atoms with Crippen LogP contribution in [0.4, 0.5) is 4.39 Å². The van der Waals surface area contributed by atoms with Gasteiger partial charge in [0.05, 0.1) is 0 Å². The summed E-state index contributed by atoms with van der Waals surface area (Å²) >= 11 is 0. The Hall–Kier alpha value is -2.16. The number of aromatic hydroxyl groups is 1. The van der Waals surface area contributed by atoms with Crippen molar-refractivity contribution in [3.05, 3.63) is 65.0 Å². The van der Waals surface area contributed by atoms with Crippen molar-refractivity contribution < 1.29 is 14.3 Å². The minimum Gasteiger partial charge on any atom is -0.505 e. The molecule has 86 valence electrons. The summed E-state index contributed by atoms with van der Waals surface area (Å²) in [6, 6.07) is 11.2. The first kappa shape index (κ1) is 11.3. The summed E-state index contributed by atoms with van der Waals surface area (Å²) in [6.07, 6.45) is 0. The van der Waals surface area contributed by atoms with E-state index in [-0.39, 0.29) is 11.3 Å². The van der Waals surface area contributed by atoms with Gasteiger partial charge in [-0.15, -0.1) is 0 Å². The van der Waals surface area contributed by atoms with E-state index in [2.05, 4.69) is 0 Å². The third kappa shape index (κ3) is 2.18. The Kier molecular flexibility index (Phi) is 2.91. The zero-order valence-electron chi connectivity index (χ0n) is 9.27. The maximum absolute atomic E-state index is 13.3. The number of aryl methyl sites for hydroxylation is 1. The van der Waals surface area contributed by atoms with Gasteiger partial charge >= 0.3 is 0 Å². The van der Waals surface area contributed by atoms with Gasteiger partial charge in [-0.1, -0.05) is 30.3 Å². The summed E-state index contributed by atoms with van der Waals surface area (Å²) in [4.78, 5) is 12.0. The molecule has 0 saturated heterocycles. The minimum atomic E-state index is -0.774. The lowest BCUT2D eigenvalue weighted by Crippen LogP contribution is -2.02. The Morgan fingerprint density at radius 3 is 2.35 bits per heavy atom. The molecule has 2 aromatic carbocycles. The zero-order valence-corrected chi connectivity index (χ0v) is 9.27. The number of carbonyl (C=O) groups excluding carboxylic acids is 1. The molecule has 0 atom stereocenters. The van der Waals surface area contributed by atoms with Crippen LogP contribution >= 0.6 is 0 Å². The topological polar surface area (TPSA) is 37.3 Å². The lowest BCUT2D eigenvalue weighted by Gasteiger charge is -2.05. The van der Waals surface area contributed by atoms with Crippen molar-refractivity contribution in [2.24, 2.45) is 0 Å². The second-order valence-electron chi connectivity index (χ2n) is 3.82. The van der Waals surface area contributed by atoms with Crippen LogP contribution in [0.15, 0.2) is 42.5 Å². The highest BCUT2D eigenvalue weighted by atomic mass is 19.1. The van der Waals surface area contributed by atoms with Crippen molar-refractivity contribution in [2.45, 2.75) is 6.92 Å². The molecular formula is C14H11FO2. The molecule has 17 heavy (non-hydrogen) atoms. The molecule has 0 radical (unpaired) electrons. The van der Waals surface area contributed by atoms with Crippen LogP contribution in [-0.4, -0.2) is 10.9 Å². The van der Waals surface area contributed by atoms with Crippen LogP contribution in [0.2, 0.25) is 0 Å². The van der Waals surface area contributed by atoms with E-state index >= 15 is 0 Å². The number of phenols is 1. The van der Waals surface area contributed by atoms with E-state index < -0.39 is 11.6 Å². The number of rotatable bonds is 2. The maximum Gasteiger partial charge on any atom is 0.193 e. The van der Waals surface area contributed by atoms with E-state index in [0.29, 0.717) is 11.1 Å². The van der Waals surface area contributed by atoms with E-state index in [1.807, 2.05) is 0 Å². The fourth-order valence-electron chi connectivity index (χ4n) is 1.62. The van der Waals surface area contributed by atoms with Crippen LogP contribution < -0.4 is 0 Å². The SMILES string of the molecule is Cc1cc(C(=O)c2ccccc2)cc(F)c1O. The zero-order chi connectivity index (χ0) is 12.4. The van der Waals surface area contributed by atoms with Gasteiger partial charge in [-0.05, 0) is 24.6 Å². The highest BCUT2D eigenvalue weighted by Gasteiger charge is 2.13. The van der Waals surface area contributed by atoms with Crippen LogP contribution in [0.3, 0.4) is 0 Å². The van der Waals surface area contributed by atoms with Gasteiger partial charge in [-0.25, -0.2) is 4.39 Å². The summed E-state index contributed by atoms with van der Waals surface area (Å²) in [6.45, 7) is 1.56. The van der Waals surface area contributed by atoms with Gasteiger partial charge < -0.3 is 5.11 Å². The highest BCUT2D eigenvalue weighted by Crippen LogP contribution is 2.23. The smallest absolute Gasteiger partial charge is 0.193 e. The molecule has 0 aromatic heterocycles. The van der Waals surface area contributed by atoms with E-state index in [4.69, 9.17) is 0 Å². The molecule has 2 rings (SSSR count). The average molecular weight is 230 g/mol. The lowest BCUT2D eigenvalue weighted by atomic mass is 10.0. The van der Waals surface area contributed by atoms with Gasteiger partial charge in [0, 0.05) is 11.1 Å². The molecule has 0 aliphatic carbocycles. The van der Waals surface area contributed by atoms with Crippen molar-refractivity contribution in [1.82, 2.24) is 0 Å². The quantitative estimate of drug-likeness (QED) is 0.805. The molecule has 0 aliphatic rings. The first-order valence-electron chi connectivity index (χ1n) is 5.18. The fraction of sp³-hybridized carbons (Fsp3) is 0.0714. The summed E-state index contributed by atoms with van der Waals surface area (Å²) in [5, 5.41) is 9.30. The fourth-order valence-corrected chi connectivity index (χ4v) is 1.62. The van der Waals surface area contributed by atoms with Crippen molar-refractivity contribution in [2.75, 3.05) is 0 Å². The number of phenolic OH excluding ortho intramolecular Hbond substituents is 1. The summed E-state index contributed by atoms with van der Waals surface area (Å²) in [5.74, 6) is -1.44. The number of hydrogen-bond donors (Lipinski definition) is 1.